The smallest absolute Gasteiger partial charge is 0.356 e. The molecule has 1 N–H and O–H groups in total. The van der Waals surface area contributed by atoms with Crippen LogP contribution in [0.2, 0.25) is 5.02 Å². The van der Waals surface area contributed by atoms with E-state index < -0.39 is 17.6 Å². The zero-order valence-electron chi connectivity index (χ0n) is 15.1. The minimum absolute atomic E-state index is 0.0674. The molecule has 0 aliphatic rings. The molecular weight excluding hydrogens is 390 g/mol. The lowest BCUT2D eigenvalue weighted by Crippen LogP contribution is -2.13. The van der Waals surface area contributed by atoms with E-state index in [-0.39, 0.29) is 23.9 Å². The molecule has 1 atom stereocenters. The molecule has 8 heteroatoms. The number of aromatic carboxylic acids is 1. The van der Waals surface area contributed by atoms with E-state index in [1.807, 2.05) is 6.92 Å². The van der Waals surface area contributed by atoms with Crippen LogP contribution in [0, 0.1) is 18.6 Å². The summed E-state index contributed by atoms with van der Waals surface area (Å²) in [6.07, 6.45) is 0. The van der Waals surface area contributed by atoms with Crippen molar-refractivity contribution in [3.8, 4) is 5.75 Å². The van der Waals surface area contributed by atoms with Crippen molar-refractivity contribution >= 4 is 17.6 Å². The zero-order valence-corrected chi connectivity index (χ0v) is 15.9. The van der Waals surface area contributed by atoms with Crippen molar-refractivity contribution < 1.29 is 23.4 Å². The molecule has 0 bridgehead atoms. The van der Waals surface area contributed by atoms with Crippen molar-refractivity contribution in [1.82, 2.24) is 9.78 Å². The third kappa shape index (κ3) is 4.14. The van der Waals surface area contributed by atoms with Crippen molar-refractivity contribution in [1.29, 1.82) is 0 Å². The third-order valence-electron chi connectivity index (χ3n) is 4.33. The first kappa shape index (κ1) is 19.8. The van der Waals surface area contributed by atoms with Gasteiger partial charge >= 0.3 is 5.97 Å². The number of nitrogens with zero attached hydrogens (tertiary/aromatic N) is 2. The van der Waals surface area contributed by atoms with Gasteiger partial charge in [-0.2, -0.15) is 5.10 Å². The minimum Gasteiger partial charge on any atom is -0.488 e. The van der Waals surface area contributed by atoms with Crippen LogP contribution in [-0.2, 0) is 6.61 Å². The normalized spacial score (nSPS) is 12.0. The van der Waals surface area contributed by atoms with Crippen LogP contribution < -0.4 is 4.74 Å². The maximum Gasteiger partial charge on any atom is 0.356 e. The number of carboxylic acid groups (broad SMARTS) is 1. The van der Waals surface area contributed by atoms with Crippen LogP contribution in [0.1, 0.15) is 40.3 Å². The van der Waals surface area contributed by atoms with Gasteiger partial charge < -0.3 is 9.84 Å². The maximum atomic E-state index is 13.9. The van der Waals surface area contributed by atoms with Gasteiger partial charge in [-0.3, -0.25) is 4.68 Å². The number of carboxylic acids is 1. The first-order valence-electron chi connectivity index (χ1n) is 8.42. The molecule has 28 heavy (non-hydrogen) atoms. The van der Waals surface area contributed by atoms with Crippen LogP contribution in [0.5, 0.6) is 5.75 Å². The molecule has 3 rings (SSSR count). The zero-order chi connectivity index (χ0) is 20.4. The van der Waals surface area contributed by atoms with Gasteiger partial charge in [0.15, 0.2) is 5.69 Å². The van der Waals surface area contributed by atoms with Gasteiger partial charge in [-0.25, -0.2) is 13.6 Å². The monoisotopic (exact) mass is 406 g/mol. The Morgan fingerprint density at radius 1 is 1.25 bits per heavy atom. The number of benzene rings is 2. The van der Waals surface area contributed by atoms with E-state index in [2.05, 4.69) is 5.10 Å². The first-order chi connectivity index (χ1) is 13.3. The Kier molecular flexibility index (Phi) is 5.65. The number of rotatable bonds is 6. The summed E-state index contributed by atoms with van der Waals surface area (Å²) in [5, 5.41) is 13.7. The lowest BCUT2D eigenvalue weighted by Gasteiger charge is -2.19. The number of carbonyl (C=O) groups is 1. The molecule has 0 radical (unpaired) electrons. The predicted octanol–water partition coefficient (Wildman–Crippen LogP) is 5.01. The highest BCUT2D eigenvalue weighted by molar-refractivity contribution is 6.30. The average Bonchev–Trinajstić information content (AvgIpc) is 3.03. The van der Waals surface area contributed by atoms with Crippen LogP contribution in [0.3, 0.4) is 0 Å². The molecule has 1 unspecified atom stereocenters. The molecule has 0 saturated heterocycles. The summed E-state index contributed by atoms with van der Waals surface area (Å²) in [6.45, 7) is 3.46. The Morgan fingerprint density at radius 2 is 2.00 bits per heavy atom. The molecule has 0 saturated carbocycles. The Morgan fingerprint density at radius 3 is 2.64 bits per heavy atom. The van der Waals surface area contributed by atoms with Gasteiger partial charge in [0.2, 0.25) is 0 Å². The summed E-state index contributed by atoms with van der Waals surface area (Å²) in [5.74, 6) is -2.04. The van der Waals surface area contributed by atoms with Crippen LogP contribution in [0.25, 0.3) is 0 Å². The Hall–Kier alpha value is -2.93. The summed E-state index contributed by atoms with van der Waals surface area (Å²) in [4.78, 5) is 11.2. The molecule has 0 spiro atoms. The molecule has 146 valence electrons. The summed E-state index contributed by atoms with van der Waals surface area (Å²) in [6, 6.07) is 9.32. The van der Waals surface area contributed by atoms with Crippen molar-refractivity contribution in [2.75, 3.05) is 0 Å². The van der Waals surface area contributed by atoms with Crippen LogP contribution in [-0.4, -0.2) is 20.9 Å². The highest BCUT2D eigenvalue weighted by Gasteiger charge is 2.20. The number of ether oxygens (including phenoxy) is 1. The molecule has 1 aromatic heterocycles. The molecule has 0 fully saturated rings. The summed E-state index contributed by atoms with van der Waals surface area (Å²) in [5.41, 5.74) is 1.44. The van der Waals surface area contributed by atoms with Crippen molar-refractivity contribution in [2.45, 2.75) is 26.5 Å². The highest BCUT2D eigenvalue weighted by atomic mass is 35.5. The van der Waals surface area contributed by atoms with Gasteiger partial charge in [0, 0.05) is 27.9 Å². The fraction of sp³-hybridized carbons (Fsp3) is 0.200. The quantitative estimate of drug-likeness (QED) is 0.625. The van der Waals surface area contributed by atoms with Gasteiger partial charge in [-0.15, -0.1) is 0 Å². The number of hydrogen-bond donors (Lipinski definition) is 1. The second-order valence-electron chi connectivity index (χ2n) is 6.30. The first-order valence-corrected chi connectivity index (χ1v) is 8.79. The van der Waals surface area contributed by atoms with E-state index in [0.717, 1.165) is 12.1 Å². The topological polar surface area (TPSA) is 64.3 Å². The predicted molar refractivity (Wildman–Crippen MR) is 99.9 cm³/mol. The maximum absolute atomic E-state index is 13.9. The standard InChI is InChI=1S/C20H17ClF2N2O3/c1-11-7-18(20(26)27)24-25(11)12(2)16-8-14(21)4-6-19(16)28-10-13-3-5-15(22)9-17(13)23/h3-9,12H,10H2,1-2H3,(H,26,27). The van der Waals surface area contributed by atoms with E-state index in [4.69, 9.17) is 21.4 Å². The van der Waals surface area contributed by atoms with E-state index in [1.54, 1.807) is 29.8 Å². The molecule has 2 aromatic carbocycles. The van der Waals surface area contributed by atoms with Crippen molar-refractivity contribution in [3.63, 3.8) is 0 Å². The summed E-state index contributed by atoms with van der Waals surface area (Å²) < 4.78 is 34.2. The molecule has 0 aliphatic carbocycles. The van der Waals surface area contributed by atoms with Crippen molar-refractivity contribution in [3.05, 3.63) is 81.6 Å². The minimum atomic E-state index is -1.12. The van der Waals surface area contributed by atoms with E-state index in [0.29, 0.717) is 22.0 Å². The summed E-state index contributed by atoms with van der Waals surface area (Å²) in [7, 11) is 0. The van der Waals surface area contributed by atoms with Gasteiger partial charge in [0.25, 0.3) is 0 Å². The number of halogens is 3. The van der Waals surface area contributed by atoms with Gasteiger partial charge in [0.05, 0.1) is 6.04 Å². The number of hydrogen-bond acceptors (Lipinski definition) is 3. The Labute approximate surface area is 165 Å². The van der Waals surface area contributed by atoms with E-state index >= 15 is 0 Å². The van der Waals surface area contributed by atoms with Gasteiger partial charge in [0.1, 0.15) is 24.0 Å². The molecule has 5 nitrogen and oxygen atoms in total. The SMILES string of the molecule is Cc1cc(C(=O)O)nn1C(C)c1cc(Cl)ccc1OCc1ccc(F)cc1F. The van der Waals surface area contributed by atoms with Gasteiger partial charge in [-0.1, -0.05) is 11.6 Å². The second kappa shape index (κ2) is 7.98. The Bertz CT molecular complexity index is 1040. The largest absolute Gasteiger partial charge is 0.488 e. The molecule has 1 heterocycles. The third-order valence-corrected chi connectivity index (χ3v) is 4.56. The van der Waals surface area contributed by atoms with E-state index in [1.165, 1.54) is 12.1 Å². The number of aromatic nitrogens is 2. The van der Waals surface area contributed by atoms with Crippen LogP contribution in [0.15, 0.2) is 42.5 Å². The lowest BCUT2D eigenvalue weighted by molar-refractivity contribution is 0.0689. The van der Waals surface area contributed by atoms with Gasteiger partial charge in [-0.05, 0) is 50.2 Å². The molecule has 3 aromatic rings. The fourth-order valence-electron chi connectivity index (χ4n) is 2.89. The van der Waals surface area contributed by atoms with E-state index in [9.17, 15) is 13.6 Å². The molecular formula is C20H17ClF2N2O3. The molecule has 0 amide bonds. The summed E-state index contributed by atoms with van der Waals surface area (Å²) >= 11 is 6.12. The average molecular weight is 407 g/mol. The fourth-order valence-corrected chi connectivity index (χ4v) is 3.07. The van der Waals surface area contributed by atoms with Crippen LogP contribution >= 0.6 is 11.6 Å². The lowest BCUT2D eigenvalue weighted by atomic mass is 10.1. The van der Waals surface area contributed by atoms with Crippen LogP contribution in [0.4, 0.5) is 8.78 Å². The number of aryl methyl sites for hydroxylation is 1. The Balaban J connectivity index is 1.91. The second-order valence-corrected chi connectivity index (χ2v) is 6.74. The highest BCUT2D eigenvalue weighted by Crippen LogP contribution is 2.32. The molecule has 0 aliphatic heterocycles. The van der Waals surface area contributed by atoms with Crippen molar-refractivity contribution in [2.24, 2.45) is 0 Å².